The second-order valence-electron chi connectivity index (χ2n) is 14.5. The van der Waals surface area contributed by atoms with E-state index in [0.717, 1.165) is 60.3 Å². The number of anilines is 1. The number of alkyl halides is 3. The Bertz CT molecular complexity index is 1850. The van der Waals surface area contributed by atoms with Crippen LogP contribution in [-0.4, -0.2) is 95.7 Å². The van der Waals surface area contributed by atoms with Gasteiger partial charge in [0.25, 0.3) is 0 Å². The zero-order chi connectivity index (χ0) is 42.0. The molecule has 2 saturated carbocycles. The van der Waals surface area contributed by atoms with Gasteiger partial charge in [-0.15, -0.1) is 22.0 Å². The van der Waals surface area contributed by atoms with Crippen molar-refractivity contribution in [2.75, 3.05) is 24.2 Å². The average Bonchev–Trinajstić information content (AvgIpc) is 3.83. The summed E-state index contributed by atoms with van der Waals surface area (Å²) in [5, 5.41) is 19.0. The van der Waals surface area contributed by atoms with Crippen molar-refractivity contribution in [2.24, 2.45) is 5.73 Å². The first kappa shape index (κ1) is 45.1. The maximum absolute atomic E-state index is 13.7. The van der Waals surface area contributed by atoms with Crippen LogP contribution in [0.2, 0.25) is 0 Å². The van der Waals surface area contributed by atoms with E-state index in [1.54, 1.807) is 6.20 Å². The Balaban J connectivity index is 0.000000221. The summed E-state index contributed by atoms with van der Waals surface area (Å²) < 4.78 is 86.0. The molecule has 6 rings (SSSR count). The van der Waals surface area contributed by atoms with Gasteiger partial charge in [-0.3, -0.25) is 14.9 Å². The minimum atomic E-state index is -4.64. The first-order chi connectivity index (χ1) is 27.6. The molecule has 320 valence electrons. The third kappa shape index (κ3) is 12.5. The Morgan fingerprint density at radius 2 is 1.71 bits per heavy atom. The normalized spacial score (nSPS) is 19.1. The smallest absolute Gasteiger partial charge is 0.451 e. The molecular weight excluding hydrogens is 815 g/mol. The quantitative estimate of drug-likeness (QED) is 0.0905. The molecule has 0 saturated heterocycles. The molecule has 3 amide bonds. The largest absolute Gasteiger partial charge is 0.481 e. The van der Waals surface area contributed by atoms with Crippen molar-refractivity contribution in [2.45, 2.75) is 132 Å². The number of aliphatic carboxylic acids is 1. The average molecular weight is 863 g/mol. The van der Waals surface area contributed by atoms with Gasteiger partial charge in [-0.2, -0.15) is 13.2 Å². The van der Waals surface area contributed by atoms with Crippen LogP contribution >= 0.6 is 23.1 Å². The maximum Gasteiger partial charge on any atom is 0.451 e. The number of benzene rings is 1. The molecule has 1 aromatic carbocycles. The van der Waals surface area contributed by atoms with E-state index in [9.17, 15) is 40.7 Å². The van der Waals surface area contributed by atoms with Crippen molar-refractivity contribution >= 4 is 46.1 Å². The summed E-state index contributed by atoms with van der Waals surface area (Å²) >= 11 is 2.56. The Kier molecular flexibility index (Phi) is 16.2. The van der Waals surface area contributed by atoms with Gasteiger partial charge < -0.3 is 29.9 Å². The molecule has 0 radical (unpaired) electrons. The van der Waals surface area contributed by atoms with Gasteiger partial charge in [-0.25, -0.2) is 22.9 Å². The van der Waals surface area contributed by atoms with Gasteiger partial charge in [0, 0.05) is 50.3 Å². The molecule has 1 aliphatic heterocycles. The van der Waals surface area contributed by atoms with Gasteiger partial charge >= 0.3 is 18.2 Å². The minimum Gasteiger partial charge on any atom is -0.481 e. The third-order valence-corrected chi connectivity index (χ3v) is 12.3. The third-order valence-electron chi connectivity index (χ3n) is 10.2. The van der Waals surface area contributed by atoms with Crippen LogP contribution in [0.3, 0.4) is 0 Å². The lowest BCUT2D eigenvalue weighted by molar-refractivity contribution is -0.148. The Labute approximate surface area is 340 Å². The number of fused-ring (bicyclic) bond motifs is 1. The number of ether oxygens (including phenoxy) is 1. The fourth-order valence-electron chi connectivity index (χ4n) is 7.44. The van der Waals surface area contributed by atoms with E-state index in [4.69, 9.17) is 15.6 Å². The van der Waals surface area contributed by atoms with E-state index in [1.807, 2.05) is 0 Å². The van der Waals surface area contributed by atoms with Crippen LogP contribution in [0, 0.1) is 17.5 Å². The number of nitrogens with two attached hydrogens (primary N) is 1. The summed E-state index contributed by atoms with van der Waals surface area (Å²) in [5.41, 5.74) is 5.64. The number of amides is 3. The van der Waals surface area contributed by atoms with E-state index in [1.165, 1.54) is 47.3 Å². The van der Waals surface area contributed by atoms with E-state index >= 15 is 0 Å². The SMILES string of the molecule is CCCOC1CCC(N(C(=O)Nc2ncc(SCC(=O)O)s2)C2CCCCC2)CC1.N[C@@H](CC(=O)N1CCn2c(nnc2C(F)(F)F)C1)Cc1cc(F)c(F)cc1F. The topological polar surface area (TPSA) is 169 Å². The van der Waals surface area contributed by atoms with E-state index < -0.39 is 47.4 Å². The van der Waals surface area contributed by atoms with Crippen LogP contribution in [0.4, 0.5) is 36.3 Å². The lowest BCUT2D eigenvalue weighted by Gasteiger charge is -2.42. The molecule has 58 heavy (non-hydrogen) atoms. The van der Waals surface area contributed by atoms with Crippen LogP contribution < -0.4 is 11.1 Å². The fraction of sp³-hybridized carbons (Fsp3) is 0.622. The molecule has 21 heteroatoms. The highest BCUT2D eigenvalue weighted by molar-refractivity contribution is 8.01. The molecule has 2 fully saturated rings. The van der Waals surface area contributed by atoms with Gasteiger partial charge in [-0.1, -0.05) is 37.5 Å². The highest BCUT2D eigenvalue weighted by atomic mass is 32.2. The minimum absolute atomic E-state index is 0.000783. The number of urea groups is 1. The molecule has 3 aliphatic rings. The lowest BCUT2D eigenvalue weighted by Crippen LogP contribution is -2.51. The van der Waals surface area contributed by atoms with Crippen LogP contribution in [0.1, 0.15) is 94.8 Å². The summed E-state index contributed by atoms with van der Waals surface area (Å²) in [6.07, 6.45) is 7.61. The molecule has 0 bridgehead atoms. The highest BCUT2D eigenvalue weighted by Gasteiger charge is 2.40. The zero-order valence-corrected chi connectivity index (χ0v) is 33.6. The number of carbonyl (C=O) groups is 3. The van der Waals surface area contributed by atoms with Crippen LogP contribution in [0.25, 0.3) is 0 Å². The lowest BCUT2D eigenvalue weighted by atomic mass is 9.88. The predicted octanol–water partition coefficient (Wildman–Crippen LogP) is 7.24. The number of carbonyl (C=O) groups excluding carboxylic acids is 2. The molecule has 2 aromatic heterocycles. The maximum atomic E-state index is 13.7. The Hall–Kier alpha value is -3.95. The second kappa shape index (κ2) is 20.8. The number of aromatic nitrogens is 4. The molecule has 3 heterocycles. The molecule has 2 aliphatic carbocycles. The summed E-state index contributed by atoms with van der Waals surface area (Å²) in [5.74, 6) is -6.01. The van der Waals surface area contributed by atoms with Gasteiger partial charge in [-0.05, 0) is 63.0 Å². The summed E-state index contributed by atoms with van der Waals surface area (Å²) in [6.45, 7) is 2.64. The van der Waals surface area contributed by atoms with E-state index in [0.29, 0.717) is 23.4 Å². The van der Waals surface area contributed by atoms with Gasteiger partial charge in [0.15, 0.2) is 22.6 Å². The number of rotatable bonds is 13. The zero-order valence-electron chi connectivity index (χ0n) is 32.0. The van der Waals surface area contributed by atoms with Crippen molar-refractivity contribution in [1.82, 2.24) is 29.5 Å². The van der Waals surface area contributed by atoms with Gasteiger partial charge in [0.05, 0.1) is 28.8 Å². The summed E-state index contributed by atoms with van der Waals surface area (Å²) in [6, 6.07) is 0.654. The molecule has 0 unspecified atom stereocenters. The molecule has 13 nitrogen and oxygen atoms in total. The number of hydrogen-bond acceptors (Lipinski definition) is 10. The second-order valence-corrected chi connectivity index (χ2v) is 16.8. The van der Waals surface area contributed by atoms with Crippen molar-refractivity contribution in [3.05, 3.63) is 53.0 Å². The van der Waals surface area contributed by atoms with Crippen LogP contribution in [0.5, 0.6) is 0 Å². The van der Waals surface area contributed by atoms with Gasteiger partial charge in [0.2, 0.25) is 11.7 Å². The monoisotopic (exact) mass is 862 g/mol. The first-order valence-electron chi connectivity index (χ1n) is 19.3. The number of nitrogens with one attached hydrogen (secondary N) is 1. The molecule has 0 spiro atoms. The highest BCUT2D eigenvalue weighted by Crippen LogP contribution is 2.34. The Morgan fingerprint density at radius 1 is 1.02 bits per heavy atom. The van der Waals surface area contributed by atoms with Crippen molar-refractivity contribution < 1.29 is 50.6 Å². The Morgan fingerprint density at radius 3 is 2.38 bits per heavy atom. The first-order valence-corrected chi connectivity index (χ1v) is 21.1. The number of carboxylic acid groups (broad SMARTS) is 1. The number of thiazole rings is 1. The molecule has 1 atom stereocenters. The van der Waals surface area contributed by atoms with Crippen molar-refractivity contribution in [3.63, 3.8) is 0 Å². The van der Waals surface area contributed by atoms with Crippen LogP contribution in [0.15, 0.2) is 22.5 Å². The van der Waals surface area contributed by atoms with E-state index in [2.05, 4.69) is 32.3 Å². The predicted molar refractivity (Wildman–Crippen MR) is 204 cm³/mol. The fourth-order valence-corrected chi connectivity index (χ4v) is 9.03. The number of halogens is 6. The van der Waals surface area contributed by atoms with Crippen LogP contribution in [-0.2, 0) is 40.0 Å². The summed E-state index contributed by atoms with van der Waals surface area (Å²) in [7, 11) is 0. The standard InChI is InChI=1S/C21H33N3O4S2.C16H15F6N5O/c1-2-12-28-17-10-8-16(9-11-17)24(15-6-4-3-5-7-15)21(27)23-20-22-13-19(30-20)29-14-18(25)26;17-10-6-12(19)11(18)4-8(10)3-9(23)5-14(28)26-1-2-27-13(7-26)24-25-15(27)16(20,21)22/h13,15-17H,2-12,14H2,1H3,(H,25,26)(H,22,23,27);4,6,9H,1-3,5,7,23H2/t;9-/m.1/s1. The number of nitrogens with zero attached hydrogens (tertiary/aromatic N) is 6. The number of thioether (sulfide) groups is 1. The number of carboxylic acids is 1. The van der Waals surface area contributed by atoms with Crippen molar-refractivity contribution in [1.29, 1.82) is 0 Å². The molecule has 4 N–H and O–H groups in total. The van der Waals surface area contributed by atoms with Crippen molar-refractivity contribution in [3.8, 4) is 0 Å². The molecule has 3 aromatic rings. The van der Waals surface area contributed by atoms with Gasteiger partial charge in [0.1, 0.15) is 5.82 Å². The summed E-state index contributed by atoms with van der Waals surface area (Å²) in [4.78, 5) is 44.0. The molecular formula is C37H48F6N8O5S2. The van der Waals surface area contributed by atoms with E-state index in [-0.39, 0.29) is 67.7 Å². The number of hydrogen-bond donors (Lipinski definition) is 3.